The van der Waals surface area contributed by atoms with Crippen molar-refractivity contribution in [1.82, 2.24) is 5.32 Å². The summed E-state index contributed by atoms with van der Waals surface area (Å²) >= 11 is 0. The summed E-state index contributed by atoms with van der Waals surface area (Å²) in [4.78, 5) is 34.3. The largest absolute Gasteiger partial charge is 0.513 e. The van der Waals surface area contributed by atoms with Crippen LogP contribution in [0.2, 0.25) is 0 Å². The Balaban J connectivity index is 1.92. The number of nitro groups is 1. The smallest absolute Gasteiger partial charge is 0.444 e. The lowest BCUT2D eigenvalue weighted by Crippen LogP contribution is -2.46. The highest BCUT2D eigenvalue weighted by atomic mass is 16.7. The summed E-state index contributed by atoms with van der Waals surface area (Å²) in [5, 5.41) is 13.5. The van der Waals surface area contributed by atoms with Crippen molar-refractivity contribution in [2.45, 2.75) is 64.5 Å². The molecule has 0 spiro atoms. The third kappa shape index (κ3) is 7.97. The molecular weight excluding hydrogens is 380 g/mol. The van der Waals surface area contributed by atoms with Crippen LogP contribution in [0, 0.1) is 16.0 Å². The molecule has 1 aromatic rings. The number of nitrogens with one attached hydrogen (secondary N) is 1. The van der Waals surface area contributed by atoms with Gasteiger partial charge in [-0.15, -0.1) is 0 Å². The SMILES string of the molecule is CC(C)(C)OC(=O)N[C@@H](COC(=O)Oc1ccc([N+](=O)[O-])cc1)C1CCCCC1. The van der Waals surface area contributed by atoms with E-state index in [0.717, 1.165) is 32.1 Å². The highest BCUT2D eigenvalue weighted by Gasteiger charge is 2.28. The molecule has 1 aliphatic carbocycles. The molecule has 0 aromatic heterocycles. The number of rotatable bonds is 6. The Morgan fingerprint density at radius 2 is 1.79 bits per heavy atom. The number of hydrogen-bond donors (Lipinski definition) is 1. The van der Waals surface area contributed by atoms with E-state index in [4.69, 9.17) is 14.2 Å². The van der Waals surface area contributed by atoms with Gasteiger partial charge < -0.3 is 19.5 Å². The molecule has 9 heteroatoms. The number of carbonyl (C=O) groups is 2. The van der Waals surface area contributed by atoms with Gasteiger partial charge in [0.05, 0.1) is 11.0 Å². The average molecular weight is 408 g/mol. The summed E-state index contributed by atoms with van der Waals surface area (Å²) < 4.78 is 15.6. The number of hydrogen-bond acceptors (Lipinski definition) is 7. The number of ether oxygens (including phenoxy) is 3. The molecule has 2 rings (SSSR count). The van der Waals surface area contributed by atoms with Crippen LogP contribution in [-0.2, 0) is 9.47 Å². The van der Waals surface area contributed by atoms with Crippen molar-refractivity contribution in [2.24, 2.45) is 5.92 Å². The molecule has 1 aliphatic rings. The molecular formula is C20H28N2O7. The van der Waals surface area contributed by atoms with Gasteiger partial charge in [-0.05, 0) is 51.7 Å². The Bertz CT molecular complexity index is 707. The number of benzene rings is 1. The zero-order chi connectivity index (χ0) is 21.4. The number of carbonyl (C=O) groups excluding carboxylic acids is 2. The lowest BCUT2D eigenvalue weighted by molar-refractivity contribution is -0.384. The van der Waals surface area contributed by atoms with E-state index in [9.17, 15) is 19.7 Å². The predicted molar refractivity (Wildman–Crippen MR) is 105 cm³/mol. The molecule has 1 atom stereocenters. The predicted octanol–water partition coefficient (Wildman–Crippen LogP) is 4.58. The van der Waals surface area contributed by atoms with Crippen LogP contribution in [0.4, 0.5) is 15.3 Å². The van der Waals surface area contributed by atoms with Crippen LogP contribution in [0.25, 0.3) is 0 Å². The second kappa shape index (κ2) is 10.1. The standard InChI is InChI=1S/C20H28N2O7/c1-20(2,3)29-18(23)21-17(14-7-5-4-6-8-14)13-27-19(24)28-16-11-9-15(10-12-16)22(25)26/h9-12,14,17H,4-8,13H2,1-3H3,(H,21,23)/t17-/m0/s1. The average Bonchev–Trinajstić information content (AvgIpc) is 2.64. The molecule has 9 nitrogen and oxygen atoms in total. The van der Waals surface area contributed by atoms with E-state index in [0.29, 0.717) is 0 Å². The van der Waals surface area contributed by atoms with E-state index < -0.39 is 22.8 Å². The number of nitro benzene ring substituents is 1. The fourth-order valence-electron chi connectivity index (χ4n) is 3.21. The zero-order valence-corrected chi connectivity index (χ0v) is 17.0. The molecule has 29 heavy (non-hydrogen) atoms. The number of amides is 1. The molecule has 0 radical (unpaired) electrons. The first-order valence-corrected chi connectivity index (χ1v) is 9.72. The Kier molecular flexibility index (Phi) is 7.81. The van der Waals surface area contributed by atoms with E-state index in [-0.39, 0.29) is 30.0 Å². The summed E-state index contributed by atoms with van der Waals surface area (Å²) in [6.07, 6.45) is 3.64. The second-order valence-electron chi connectivity index (χ2n) is 8.06. The summed E-state index contributed by atoms with van der Waals surface area (Å²) in [6, 6.07) is 4.72. The van der Waals surface area contributed by atoms with E-state index in [2.05, 4.69) is 5.32 Å². The summed E-state index contributed by atoms with van der Waals surface area (Å²) in [5.74, 6) is 0.318. The maximum absolute atomic E-state index is 12.2. The van der Waals surface area contributed by atoms with Crippen molar-refractivity contribution in [3.05, 3.63) is 34.4 Å². The van der Waals surface area contributed by atoms with E-state index in [1.165, 1.54) is 24.3 Å². The fraction of sp³-hybridized carbons (Fsp3) is 0.600. The first-order valence-electron chi connectivity index (χ1n) is 9.72. The lowest BCUT2D eigenvalue weighted by Gasteiger charge is -2.31. The molecule has 160 valence electrons. The third-order valence-corrected chi connectivity index (χ3v) is 4.55. The van der Waals surface area contributed by atoms with Gasteiger partial charge in [-0.25, -0.2) is 9.59 Å². The molecule has 0 aliphatic heterocycles. The van der Waals surface area contributed by atoms with Crippen molar-refractivity contribution in [2.75, 3.05) is 6.61 Å². The zero-order valence-electron chi connectivity index (χ0n) is 17.0. The van der Waals surface area contributed by atoms with Crippen LogP contribution in [0.15, 0.2) is 24.3 Å². The topological polar surface area (TPSA) is 117 Å². The van der Waals surface area contributed by atoms with Gasteiger partial charge in [-0.3, -0.25) is 10.1 Å². The van der Waals surface area contributed by atoms with Crippen molar-refractivity contribution in [1.29, 1.82) is 0 Å². The van der Waals surface area contributed by atoms with Crippen molar-refractivity contribution < 1.29 is 28.7 Å². The monoisotopic (exact) mass is 408 g/mol. The van der Waals surface area contributed by atoms with E-state index in [1.54, 1.807) is 20.8 Å². The van der Waals surface area contributed by atoms with Crippen molar-refractivity contribution in [3.8, 4) is 5.75 Å². The molecule has 1 N–H and O–H groups in total. The van der Waals surface area contributed by atoms with Gasteiger partial charge in [0, 0.05) is 12.1 Å². The number of nitrogens with zero attached hydrogens (tertiary/aromatic N) is 1. The molecule has 1 saturated carbocycles. The molecule has 1 amide bonds. The molecule has 0 heterocycles. The minimum absolute atomic E-state index is 0.0459. The molecule has 0 bridgehead atoms. The van der Waals surface area contributed by atoms with Crippen molar-refractivity contribution in [3.63, 3.8) is 0 Å². The highest BCUT2D eigenvalue weighted by Crippen LogP contribution is 2.27. The molecule has 0 saturated heterocycles. The van der Waals surface area contributed by atoms with Gasteiger partial charge >= 0.3 is 12.2 Å². The van der Waals surface area contributed by atoms with Crippen LogP contribution >= 0.6 is 0 Å². The van der Waals surface area contributed by atoms with Gasteiger partial charge in [-0.2, -0.15) is 0 Å². The summed E-state index contributed by atoms with van der Waals surface area (Å²) in [7, 11) is 0. The normalized spacial score (nSPS) is 15.8. The summed E-state index contributed by atoms with van der Waals surface area (Å²) in [6.45, 7) is 5.29. The fourth-order valence-corrected chi connectivity index (χ4v) is 3.21. The van der Waals surface area contributed by atoms with Crippen LogP contribution in [0.5, 0.6) is 5.75 Å². The van der Waals surface area contributed by atoms with Gasteiger partial charge in [0.15, 0.2) is 0 Å². The van der Waals surface area contributed by atoms with Gasteiger partial charge in [0.2, 0.25) is 0 Å². The maximum atomic E-state index is 12.2. The minimum Gasteiger partial charge on any atom is -0.444 e. The first-order chi connectivity index (χ1) is 13.6. The van der Waals surface area contributed by atoms with Crippen LogP contribution < -0.4 is 10.1 Å². The molecule has 1 fully saturated rings. The number of non-ortho nitro benzene ring substituents is 1. The number of alkyl carbamates (subject to hydrolysis) is 1. The quantitative estimate of drug-likeness (QED) is 0.317. The van der Waals surface area contributed by atoms with Crippen LogP contribution in [0.3, 0.4) is 0 Å². The first kappa shape index (κ1) is 22.4. The van der Waals surface area contributed by atoms with Crippen LogP contribution in [0.1, 0.15) is 52.9 Å². The minimum atomic E-state index is -0.939. The maximum Gasteiger partial charge on any atom is 0.513 e. The van der Waals surface area contributed by atoms with Gasteiger partial charge in [-0.1, -0.05) is 19.3 Å². The van der Waals surface area contributed by atoms with Crippen LogP contribution in [-0.4, -0.2) is 35.4 Å². The lowest BCUT2D eigenvalue weighted by atomic mass is 9.84. The Labute approximate surface area is 169 Å². The van der Waals surface area contributed by atoms with E-state index >= 15 is 0 Å². The second-order valence-corrected chi connectivity index (χ2v) is 8.06. The van der Waals surface area contributed by atoms with Gasteiger partial charge in [0.1, 0.15) is 18.0 Å². The molecule has 1 aromatic carbocycles. The Morgan fingerprint density at radius 1 is 1.17 bits per heavy atom. The third-order valence-electron chi connectivity index (χ3n) is 4.55. The summed E-state index contributed by atoms with van der Waals surface area (Å²) in [5.41, 5.74) is -0.735. The van der Waals surface area contributed by atoms with Gasteiger partial charge in [0.25, 0.3) is 5.69 Å². The Morgan fingerprint density at radius 3 is 2.34 bits per heavy atom. The Hall–Kier alpha value is -2.84. The molecule has 0 unspecified atom stereocenters. The highest BCUT2D eigenvalue weighted by molar-refractivity contribution is 5.68. The van der Waals surface area contributed by atoms with Crippen molar-refractivity contribution >= 4 is 17.9 Å². The van der Waals surface area contributed by atoms with E-state index in [1.807, 2.05) is 0 Å².